The normalized spacial score (nSPS) is 17.9. The Balaban J connectivity index is 1.86. The Morgan fingerprint density at radius 1 is 1.30 bits per heavy atom. The van der Waals surface area contributed by atoms with Crippen LogP contribution in [0.25, 0.3) is 10.8 Å². The van der Waals surface area contributed by atoms with Gasteiger partial charge in [-0.1, -0.05) is 6.07 Å². The number of fused-ring (bicyclic) bond motifs is 1. The molecule has 2 aromatic rings. The molecular formula is C18H20O5. The molecule has 3 rings (SSSR count). The van der Waals surface area contributed by atoms with Gasteiger partial charge in [-0.3, -0.25) is 0 Å². The number of hydrogen-bond acceptors (Lipinski definition) is 5. The minimum absolute atomic E-state index is 0.0681. The molecule has 5 heteroatoms. The molecule has 0 radical (unpaired) electrons. The predicted octanol–water partition coefficient (Wildman–Crippen LogP) is 3.63. The van der Waals surface area contributed by atoms with Gasteiger partial charge in [0.2, 0.25) is 0 Å². The maximum Gasteiger partial charge on any atom is 0.341 e. The summed E-state index contributed by atoms with van der Waals surface area (Å²) in [5, 5.41) is 11.7. The number of carbonyl (C=O) groups is 1. The van der Waals surface area contributed by atoms with E-state index in [1.54, 1.807) is 31.2 Å². The average molecular weight is 316 g/mol. The van der Waals surface area contributed by atoms with Gasteiger partial charge < -0.3 is 19.3 Å². The van der Waals surface area contributed by atoms with Crippen molar-refractivity contribution in [3.63, 3.8) is 0 Å². The summed E-state index contributed by atoms with van der Waals surface area (Å²) in [6.07, 6.45) is 2.84. The summed E-state index contributed by atoms with van der Waals surface area (Å²) in [4.78, 5) is 11.8. The Morgan fingerprint density at radius 2 is 2.17 bits per heavy atom. The van der Waals surface area contributed by atoms with Gasteiger partial charge in [0.05, 0.1) is 13.2 Å². The van der Waals surface area contributed by atoms with Crippen LogP contribution in [-0.4, -0.2) is 30.6 Å². The van der Waals surface area contributed by atoms with Crippen molar-refractivity contribution in [1.29, 1.82) is 0 Å². The lowest BCUT2D eigenvalue weighted by atomic mass is 10.0. The van der Waals surface area contributed by atoms with Crippen LogP contribution in [0, 0.1) is 0 Å². The zero-order valence-electron chi connectivity index (χ0n) is 13.1. The molecule has 1 fully saturated rings. The molecule has 0 spiro atoms. The molecule has 0 aliphatic carbocycles. The molecule has 0 aromatic heterocycles. The molecule has 1 aliphatic rings. The van der Waals surface area contributed by atoms with E-state index in [0.717, 1.165) is 31.3 Å². The topological polar surface area (TPSA) is 65.0 Å². The van der Waals surface area contributed by atoms with Crippen LogP contribution in [0.1, 0.15) is 36.5 Å². The molecule has 2 aromatic carbocycles. The van der Waals surface area contributed by atoms with Crippen LogP contribution in [0.3, 0.4) is 0 Å². The lowest BCUT2D eigenvalue weighted by Crippen LogP contribution is -2.24. The number of ether oxygens (including phenoxy) is 3. The maximum atomic E-state index is 11.8. The Morgan fingerprint density at radius 3 is 2.91 bits per heavy atom. The minimum Gasteiger partial charge on any atom is -0.506 e. The fraction of sp³-hybridized carbons (Fsp3) is 0.389. The van der Waals surface area contributed by atoms with Crippen LogP contribution in [0.15, 0.2) is 30.3 Å². The van der Waals surface area contributed by atoms with Gasteiger partial charge >= 0.3 is 5.97 Å². The Labute approximate surface area is 134 Å². The highest BCUT2D eigenvalue weighted by Crippen LogP contribution is 2.32. The summed E-state index contributed by atoms with van der Waals surface area (Å²) in [6.45, 7) is 2.72. The molecule has 0 bridgehead atoms. The van der Waals surface area contributed by atoms with E-state index in [4.69, 9.17) is 14.2 Å². The van der Waals surface area contributed by atoms with Gasteiger partial charge in [0, 0.05) is 11.8 Å². The van der Waals surface area contributed by atoms with E-state index >= 15 is 0 Å². The second-order valence-corrected chi connectivity index (χ2v) is 5.48. The molecule has 5 nitrogen and oxygen atoms in total. The van der Waals surface area contributed by atoms with Crippen LogP contribution >= 0.6 is 0 Å². The molecule has 1 saturated heterocycles. The fourth-order valence-electron chi connectivity index (χ4n) is 2.69. The molecule has 0 saturated carbocycles. The largest absolute Gasteiger partial charge is 0.506 e. The van der Waals surface area contributed by atoms with Crippen LogP contribution in [0.4, 0.5) is 0 Å². The van der Waals surface area contributed by atoms with Gasteiger partial charge in [0.15, 0.2) is 6.29 Å². The smallest absolute Gasteiger partial charge is 0.341 e. The molecule has 1 N–H and O–H groups in total. The highest BCUT2D eigenvalue weighted by atomic mass is 16.7. The molecule has 1 aliphatic heterocycles. The lowest BCUT2D eigenvalue weighted by Gasteiger charge is -2.23. The van der Waals surface area contributed by atoms with E-state index in [1.165, 1.54) is 0 Å². The Bertz CT molecular complexity index is 704. The highest BCUT2D eigenvalue weighted by Gasteiger charge is 2.17. The van der Waals surface area contributed by atoms with E-state index in [-0.39, 0.29) is 24.2 Å². The van der Waals surface area contributed by atoms with E-state index in [1.807, 2.05) is 6.07 Å². The van der Waals surface area contributed by atoms with Crippen molar-refractivity contribution in [2.75, 3.05) is 13.2 Å². The molecule has 1 atom stereocenters. The summed E-state index contributed by atoms with van der Waals surface area (Å²) in [7, 11) is 0. The first-order chi connectivity index (χ1) is 11.2. The quantitative estimate of drug-likeness (QED) is 0.873. The third-order valence-electron chi connectivity index (χ3n) is 3.86. The van der Waals surface area contributed by atoms with Gasteiger partial charge in [-0.25, -0.2) is 4.79 Å². The van der Waals surface area contributed by atoms with Crippen molar-refractivity contribution in [1.82, 2.24) is 0 Å². The standard InChI is InChI=1S/C18H20O5/c1-2-21-18(20)15-8-6-12-11-13(7-9-14(12)17(15)19)23-16-5-3-4-10-22-16/h6-9,11,16,19H,2-5,10H2,1H3. The van der Waals surface area contributed by atoms with Crippen molar-refractivity contribution in [2.24, 2.45) is 0 Å². The van der Waals surface area contributed by atoms with Crippen LogP contribution in [0.5, 0.6) is 11.5 Å². The summed E-state index contributed by atoms with van der Waals surface area (Å²) in [5.74, 6) is 0.0944. The second-order valence-electron chi connectivity index (χ2n) is 5.48. The summed E-state index contributed by atoms with van der Waals surface area (Å²) in [5.41, 5.74) is 0.170. The monoisotopic (exact) mass is 316 g/mol. The maximum absolute atomic E-state index is 11.8. The SMILES string of the molecule is CCOC(=O)c1ccc2cc(OC3CCCCO3)ccc2c1O. The zero-order valence-corrected chi connectivity index (χ0v) is 13.1. The Kier molecular flexibility index (Phi) is 4.67. The van der Waals surface area contributed by atoms with E-state index in [0.29, 0.717) is 11.1 Å². The summed E-state index contributed by atoms with van der Waals surface area (Å²) >= 11 is 0. The average Bonchev–Trinajstić information content (AvgIpc) is 2.56. The summed E-state index contributed by atoms with van der Waals surface area (Å²) < 4.78 is 16.3. The first kappa shape index (κ1) is 15.6. The predicted molar refractivity (Wildman–Crippen MR) is 85.8 cm³/mol. The molecular weight excluding hydrogens is 296 g/mol. The second kappa shape index (κ2) is 6.87. The van der Waals surface area contributed by atoms with Gasteiger partial charge in [0.1, 0.15) is 17.1 Å². The number of hydrogen-bond donors (Lipinski definition) is 1. The van der Waals surface area contributed by atoms with Crippen molar-refractivity contribution in [3.05, 3.63) is 35.9 Å². The number of benzene rings is 2. The third kappa shape index (κ3) is 3.40. The van der Waals surface area contributed by atoms with Crippen LogP contribution < -0.4 is 4.74 Å². The highest BCUT2D eigenvalue weighted by molar-refractivity contribution is 6.01. The zero-order chi connectivity index (χ0) is 16.2. The molecule has 23 heavy (non-hydrogen) atoms. The van der Waals surface area contributed by atoms with Crippen molar-refractivity contribution >= 4 is 16.7 Å². The van der Waals surface area contributed by atoms with Crippen molar-refractivity contribution in [2.45, 2.75) is 32.5 Å². The van der Waals surface area contributed by atoms with Crippen molar-refractivity contribution in [3.8, 4) is 11.5 Å². The molecule has 122 valence electrons. The first-order valence-electron chi connectivity index (χ1n) is 7.90. The number of esters is 1. The fourth-order valence-corrected chi connectivity index (χ4v) is 2.69. The number of phenolic OH excluding ortho intramolecular Hbond substituents is 1. The van der Waals surface area contributed by atoms with Gasteiger partial charge in [-0.2, -0.15) is 0 Å². The van der Waals surface area contributed by atoms with Gasteiger partial charge in [-0.15, -0.1) is 0 Å². The lowest BCUT2D eigenvalue weighted by molar-refractivity contribution is -0.105. The number of rotatable bonds is 4. The summed E-state index contributed by atoms with van der Waals surface area (Å²) in [6, 6.07) is 8.69. The van der Waals surface area contributed by atoms with Crippen molar-refractivity contribution < 1.29 is 24.1 Å². The molecule has 0 amide bonds. The van der Waals surface area contributed by atoms with Crippen LogP contribution in [0.2, 0.25) is 0 Å². The van der Waals surface area contributed by atoms with E-state index in [2.05, 4.69) is 0 Å². The Hall–Kier alpha value is -2.27. The van der Waals surface area contributed by atoms with E-state index in [9.17, 15) is 9.90 Å². The molecule has 1 unspecified atom stereocenters. The number of carbonyl (C=O) groups excluding carboxylic acids is 1. The third-order valence-corrected chi connectivity index (χ3v) is 3.86. The van der Waals surface area contributed by atoms with Gasteiger partial charge in [-0.05, 0) is 49.4 Å². The van der Waals surface area contributed by atoms with Crippen LogP contribution in [-0.2, 0) is 9.47 Å². The van der Waals surface area contributed by atoms with E-state index < -0.39 is 5.97 Å². The van der Waals surface area contributed by atoms with Gasteiger partial charge in [0.25, 0.3) is 0 Å². The number of phenols is 1. The molecule has 1 heterocycles. The number of aromatic hydroxyl groups is 1. The minimum atomic E-state index is -0.525. The first-order valence-corrected chi connectivity index (χ1v) is 7.90.